The van der Waals surface area contributed by atoms with Gasteiger partial charge in [-0.2, -0.15) is 0 Å². The Bertz CT molecular complexity index is 609. The van der Waals surface area contributed by atoms with Crippen molar-refractivity contribution in [1.82, 2.24) is 9.88 Å². The molecule has 1 aliphatic heterocycles. The van der Waals surface area contributed by atoms with Crippen LogP contribution in [0.4, 0.5) is 0 Å². The molecule has 3 heterocycles. The highest BCUT2D eigenvalue weighted by Crippen LogP contribution is 2.25. The molecule has 1 atom stereocenters. The third-order valence-electron chi connectivity index (χ3n) is 4.10. The van der Waals surface area contributed by atoms with Crippen molar-refractivity contribution < 1.29 is 4.79 Å². The topological polar surface area (TPSA) is 33.2 Å². The van der Waals surface area contributed by atoms with E-state index < -0.39 is 0 Å². The zero-order valence-electron chi connectivity index (χ0n) is 12.3. The number of aromatic nitrogens is 1. The van der Waals surface area contributed by atoms with Crippen LogP contribution in [0, 0.1) is 6.92 Å². The van der Waals surface area contributed by atoms with Crippen LogP contribution in [0.1, 0.15) is 40.2 Å². The molecule has 3 nitrogen and oxygen atoms in total. The molecule has 0 aromatic carbocycles. The molecule has 110 valence electrons. The van der Waals surface area contributed by atoms with E-state index in [1.54, 1.807) is 0 Å². The number of thiophene rings is 1. The number of pyridine rings is 1. The first-order valence-corrected chi connectivity index (χ1v) is 8.38. The fraction of sp³-hybridized carbons (Fsp3) is 0.412. The molecule has 21 heavy (non-hydrogen) atoms. The Kier molecular flexibility index (Phi) is 4.34. The molecule has 0 bridgehead atoms. The molecule has 1 amide bonds. The molecule has 2 aromatic heterocycles. The summed E-state index contributed by atoms with van der Waals surface area (Å²) < 4.78 is 0. The summed E-state index contributed by atoms with van der Waals surface area (Å²) in [7, 11) is 0. The van der Waals surface area contributed by atoms with Gasteiger partial charge in [-0.15, -0.1) is 11.3 Å². The Morgan fingerprint density at radius 2 is 2.38 bits per heavy atom. The molecule has 0 unspecified atom stereocenters. The van der Waals surface area contributed by atoms with E-state index in [-0.39, 0.29) is 5.91 Å². The second-order valence-electron chi connectivity index (χ2n) is 5.62. The molecule has 1 saturated heterocycles. The van der Waals surface area contributed by atoms with Gasteiger partial charge >= 0.3 is 0 Å². The second kappa shape index (κ2) is 6.39. The Morgan fingerprint density at radius 1 is 1.48 bits per heavy atom. The number of rotatable bonds is 4. The molecule has 0 radical (unpaired) electrons. The number of aryl methyl sites for hydroxylation is 2. The molecule has 0 aliphatic carbocycles. The van der Waals surface area contributed by atoms with Crippen molar-refractivity contribution in [3.8, 4) is 0 Å². The maximum Gasteiger partial charge on any atom is 0.264 e. The van der Waals surface area contributed by atoms with E-state index >= 15 is 0 Å². The number of nitrogens with zero attached hydrogens (tertiary/aromatic N) is 2. The summed E-state index contributed by atoms with van der Waals surface area (Å²) >= 11 is 1.54. The summed E-state index contributed by atoms with van der Waals surface area (Å²) in [6.07, 6.45) is 6.18. The molecule has 1 fully saturated rings. The van der Waals surface area contributed by atoms with Crippen molar-refractivity contribution in [3.05, 3.63) is 52.0 Å². The van der Waals surface area contributed by atoms with Crippen molar-refractivity contribution in [2.45, 2.75) is 38.6 Å². The lowest BCUT2D eigenvalue weighted by Crippen LogP contribution is -2.35. The lowest BCUT2D eigenvalue weighted by Gasteiger charge is -2.24. The largest absolute Gasteiger partial charge is 0.335 e. The number of carbonyl (C=O) groups is 1. The van der Waals surface area contributed by atoms with Crippen molar-refractivity contribution in [1.29, 1.82) is 0 Å². The van der Waals surface area contributed by atoms with E-state index in [0.29, 0.717) is 6.04 Å². The normalized spacial score (nSPS) is 18.1. The minimum atomic E-state index is 0.207. The van der Waals surface area contributed by atoms with Gasteiger partial charge in [0.25, 0.3) is 5.91 Å². The van der Waals surface area contributed by atoms with Crippen LogP contribution in [0.25, 0.3) is 0 Å². The van der Waals surface area contributed by atoms with Gasteiger partial charge in [0, 0.05) is 24.5 Å². The van der Waals surface area contributed by atoms with Gasteiger partial charge in [-0.3, -0.25) is 9.78 Å². The average molecular weight is 300 g/mol. The van der Waals surface area contributed by atoms with Gasteiger partial charge in [-0.1, -0.05) is 6.07 Å². The molecule has 3 rings (SSSR count). The monoisotopic (exact) mass is 300 g/mol. The minimum absolute atomic E-state index is 0.207. The molecule has 0 N–H and O–H groups in total. The number of amides is 1. The quantitative estimate of drug-likeness (QED) is 0.863. The standard InChI is InChI=1S/C17H20N2OS/c1-13-12-14(8-9-18-13)6-7-15-4-2-10-19(15)17(20)16-5-3-11-21-16/h3,5,8-9,11-12,15H,2,4,6-7,10H2,1H3/t15-/m0/s1. The first-order chi connectivity index (χ1) is 10.2. The lowest BCUT2D eigenvalue weighted by molar-refractivity contribution is 0.0735. The Labute approximate surface area is 129 Å². The van der Waals surface area contributed by atoms with Crippen molar-refractivity contribution >= 4 is 17.2 Å². The Hall–Kier alpha value is -1.68. The van der Waals surface area contributed by atoms with Crippen LogP contribution in [-0.4, -0.2) is 28.4 Å². The van der Waals surface area contributed by atoms with Gasteiger partial charge in [0.05, 0.1) is 4.88 Å². The van der Waals surface area contributed by atoms with Gasteiger partial charge in [0.1, 0.15) is 0 Å². The predicted molar refractivity (Wildman–Crippen MR) is 85.7 cm³/mol. The molecular weight excluding hydrogens is 280 g/mol. The predicted octanol–water partition coefficient (Wildman–Crippen LogP) is 3.69. The molecule has 0 saturated carbocycles. The van der Waals surface area contributed by atoms with Crippen LogP contribution in [0.2, 0.25) is 0 Å². The summed E-state index contributed by atoms with van der Waals surface area (Å²) in [6.45, 7) is 2.92. The molecule has 4 heteroatoms. The molecule has 0 spiro atoms. The maximum absolute atomic E-state index is 12.5. The average Bonchev–Trinajstić information content (AvgIpc) is 3.16. The number of likely N-dealkylation sites (tertiary alicyclic amines) is 1. The molecular formula is C17H20N2OS. The minimum Gasteiger partial charge on any atom is -0.335 e. The first kappa shape index (κ1) is 14.3. The fourth-order valence-electron chi connectivity index (χ4n) is 3.04. The van der Waals surface area contributed by atoms with Gasteiger partial charge in [-0.25, -0.2) is 0 Å². The second-order valence-corrected chi connectivity index (χ2v) is 6.56. The molecule has 2 aromatic rings. The summed E-state index contributed by atoms with van der Waals surface area (Å²) in [6, 6.07) is 8.47. The van der Waals surface area contributed by atoms with Gasteiger partial charge < -0.3 is 4.90 Å². The van der Waals surface area contributed by atoms with E-state index in [0.717, 1.165) is 42.8 Å². The van der Waals surface area contributed by atoms with Crippen molar-refractivity contribution in [2.75, 3.05) is 6.54 Å². The fourth-order valence-corrected chi connectivity index (χ4v) is 3.72. The van der Waals surface area contributed by atoms with E-state index in [4.69, 9.17) is 0 Å². The number of carbonyl (C=O) groups excluding carboxylic acids is 1. The zero-order chi connectivity index (χ0) is 14.7. The van der Waals surface area contributed by atoms with Crippen LogP contribution in [0.15, 0.2) is 35.8 Å². The zero-order valence-corrected chi connectivity index (χ0v) is 13.1. The third-order valence-corrected chi connectivity index (χ3v) is 4.96. The summed E-state index contributed by atoms with van der Waals surface area (Å²) in [5.41, 5.74) is 2.38. The summed E-state index contributed by atoms with van der Waals surface area (Å²) in [5.74, 6) is 0.207. The SMILES string of the molecule is Cc1cc(CC[C@@H]2CCCN2C(=O)c2cccs2)ccn1. The van der Waals surface area contributed by atoms with Crippen LogP contribution < -0.4 is 0 Å². The van der Waals surface area contributed by atoms with E-state index in [1.807, 2.05) is 30.6 Å². The number of hydrogen-bond acceptors (Lipinski definition) is 3. The smallest absolute Gasteiger partial charge is 0.264 e. The van der Waals surface area contributed by atoms with Crippen LogP contribution in [0.5, 0.6) is 0 Å². The Balaban J connectivity index is 1.63. The van der Waals surface area contributed by atoms with Crippen LogP contribution in [0.3, 0.4) is 0 Å². The third kappa shape index (κ3) is 3.32. The summed E-state index contributed by atoms with van der Waals surface area (Å²) in [4.78, 5) is 19.7. The van der Waals surface area contributed by atoms with Crippen molar-refractivity contribution in [3.63, 3.8) is 0 Å². The van der Waals surface area contributed by atoms with Crippen molar-refractivity contribution in [2.24, 2.45) is 0 Å². The highest BCUT2D eigenvalue weighted by molar-refractivity contribution is 7.12. The van der Waals surface area contributed by atoms with Gasteiger partial charge in [0.2, 0.25) is 0 Å². The van der Waals surface area contributed by atoms with Crippen LogP contribution in [-0.2, 0) is 6.42 Å². The molecule has 1 aliphatic rings. The first-order valence-electron chi connectivity index (χ1n) is 7.50. The van der Waals surface area contributed by atoms with E-state index in [1.165, 1.54) is 16.9 Å². The van der Waals surface area contributed by atoms with Crippen LogP contribution >= 0.6 is 11.3 Å². The highest BCUT2D eigenvalue weighted by Gasteiger charge is 2.29. The Morgan fingerprint density at radius 3 is 3.14 bits per heavy atom. The van der Waals surface area contributed by atoms with E-state index in [2.05, 4.69) is 22.0 Å². The lowest BCUT2D eigenvalue weighted by atomic mass is 10.0. The highest BCUT2D eigenvalue weighted by atomic mass is 32.1. The van der Waals surface area contributed by atoms with Gasteiger partial charge in [0.15, 0.2) is 0 Å². The van der Waals surface area contributed by atoms with E-state index in [9.17, 15) is 4.79 Å². The number of hydrogen-bond donors (Lipinski definition) is 0. The van der Waals surface area contributed by atoms with Gasteiger partial charge in [-0.05, 0) is 61.7 Å². The summed E-state index contributed by atoms with van der Waals surface area (Å²) in [5, 5.41) is 1.97. The maximum atomic E-state index is 12.5.